The van der Waals surface area contributed by atoms with Gasteiger partial charge in [-0.25, -0.2) is 18.4 Å². The molecule has 0 saturated carbocycles. The Morgan fingerprint density at radius 3 is 2.65 bits per heavy atom. The molecule has 0 N–H and O–H groups in total. The normalized spacial score (nSPS) is 23.9. The lowest BCUT2D eigenvalue weighted by Crippen LogP contribution is -2.51. The van der Waals surface area contributed by atoms with Crippen LogP contribution in [-0.2, 0) is 14.8 Å². The largest absolute Gasteiger partial charge is 0.379 e. The first-order chi connectivity index (χ1) is 11.0. The van der Waals surface area contributed by atoms with Crippen LogP contribution < -0.4 is 4.90 Å². The molecule has 0 bridgehead atoms. The Morgan fingerprint density at radius 1 is 1.22 bits per heavy atom. The SMILES string of the molecule is Cc1cnc(N2CCC[C@H](S(=O)(=O)N3CCOCC3)C2)nc1C. The number of rotatable bonds is 3. The Bertz CT molecular complexity index is 659. The number of aromatic nitrogens is 2. The fourth-order valence-electron chi connectivity index (χ4n) is 3.04. The summed E-state index contributed by atoms with van der Waals surface area (Å²) in [6.45, 7) is 7.07. The maximum atomic E-state index is 12.8. The molecule has 128 valence electrons. The second kappa shape index (κ2) is 6.70. The van der Waals surface area contributed by atoms with E-state index in [9.17, 15) is 8.42 Å². The highest BCUT2D eigenvalue weighted by molar-refractivity contribution is 7.89. The summed E-state index contributed by atoms with van der Waals surface area (Å²) in [4.78, 5) is 10.9. The predicted octanol–water partition coefficient (Wildman–Crippen LogP) is 0.724. The van der Waals surface area contributed by atoms with Gasteiger partial charge in [-0.2, -0.15) is 4.31 Å². The molecule has 0 aromatic carbocycles. The van der Waals surface area contributed by atoms with Crippen LogP contribution in [0.25, 0.3) is 0 Å². The van der Waals surface area contributed by atoms with E-state index in [-0.39, 0.29) is 5.25 Å². The lowest BCUT2D eigenvalue weighted by Gasteiger charge is -2.36. The third kappa shape index (κ3) is 3.49. The number of nitrogens with zero attached hydrogens (tertiary/aromatic N) is 4. The predicted molar refractivity (Wildman–Crippen MR) is 88.1 cm³/mol. The van der Waals surface area contributed by atoms with E-state index in [0.29, 0.717) is 45.2 Å². The number of ether oxygens (including phenoxy) is 1. The van der Waals surface area contributed by atoms with Crippen molar-refractivity contribution in [2.75, 3.05) is 44.3 Å². The molecule has 7 nitrogen and oxygen atoms in total. The Labute approximate surface area is 137 Å². The number of morpholine rings is 1. The summed E-state index contributed by atoms with van der Waals surface area (Å²) < 4.78 is 32.5. The van der Waals surface area contributed by atoms with Crippen molar-refractivity contribution in [2.24, 2.45) is 0 Å². The highest BCUT2D eigenvalue weighted by Crippen LogP contribution is 2.24. The molecular formula is C15H24N4O3S. The standard InChI is InChI=1S/C15H24N4O3S/c1-12-10-16-15(17-13(12)2)18-5-3-4-14(11-18)23(20,21)19-6-8-22-9-7-19/h10,14H,3-9,11H2,1-2H3/t14-/m0/s1. The van der Waals surface area contributed by atoms with Gasteiger partial charge in [0.15, 0.2) is 0 Å². The van der Waals surface area contributed by atoms with Crippen LogP contribution in [0, 0.1) is 13.8 Å². The zero-order valence-electron chi connectivity index (χ0n) is 13.7. The van der Waals surface area contributed by atoms with Gasteiger partial charge in [-0.05, 0) is 32.3 Å². The van der Waals surface area contributed by atoms with E-state index >= 15 is 0 Å². The molecular weight excluding hydrogens is 316 g/mol. The lowest BCUT2D eigenvalue weighted by atomic mass is 10.1. The van der Waals surface area contributed by atoms with Crippen LogP contribution in [0.5, 0.6) is 0 Å². The molecule has 2 aliphatic rings. The first-order valence-corrected chi connectivity index (χ1v) is 9.60. The summed E-state index contributed by atoms with van der Waals surface area (Å²) in [6, 6.07) is 0. The van der Waals surface area contributed by atoms with E-state index in [1.807, 2.05) is 18.7 Å². The van der Waals surface area contributed by atoms with Gasteiger partial charge in [0.2, 0.25) is 16.0 Å². The van der Waals surface area contributed by atoms with Crippen molar-refractivity contribution in [3.63, 3.8) is 0 Å². The summed E-state index contributed by atoms with van der Waals surface area (Å²) in [6.07, 6.45) is 3.34. The molecule has 0 unspecified atom stereocenters. The molecule has 0 aliphatic carbocycles. The number of hydrogen-bond donors (Lipinski definition) is 0. The van der Waals surface area contributed by atoms with Crippen molar-refractivity contribution in [1.82, 2.24) is 14.3 Å². The Kier molecular flexibility index (Phi) is 4.84. The van der Waals surface area contributed by atoms with Gasteiger partial charge >= 0.3 is 0 Å². The van der Waals surface area contributed by atoms with Crippen molar-refractivity contribution in [1.29, 1.82) is 0 Å². The minimum Gasteiger partial charge on any atom is -0.379 e. The monoisotopic (exact) mass is 340 g/mol. The van der Waals surface area contributed by atoms with Gasteiger partial charge in [0, 0.05) is 38.1 Å². The second-order valence-corrected chi connectivity index (χ2v) is 8.42. The van der Waals surface area contributed by atoms with Crippen LogP contribution in [-0.4, -0.2) is 67.3 Å². The molecule has 2 fully saturated rings. The number of anilines is 1. The van der Waals surface area contributed by atoms with Crippen LogP contribution in [0.15, 0.2) is 6.20 Å². The molecule has 2 saturated heterocycles. The number of sulfonamides is 1. The Morgan fingerprint density at radius 2 is 1.96 bits per heavy atom. The molecule has 1 aromatic heterocycles. The third-order valence-corrected chi connectivity index (χ3v) is 6.94. The van der Waals surface area contributed by atoms with E-state index in [1.54, 1.807) is 10.5 Å². The molecule has 0 spiro atoms. The summed E-state index contributed by atoms with van der Waals surface area (Å²) in [5, 5.41) is -0.389. The highest BCUT2D eigenvalue weighted by atomic mass is 32.2. The van der Waals surface area contributed by atoms with Gasteiger partial charge < -0.3 is 9.64 Å². The van der Waals surface area contributed by atoms with Crippen molar-refractivity contribution in [2.45, 2.75) is 31.9 Å². The first kappa shape index (κ1) is 16.6. The van der Waals surface area contributed by atoms with Crippen molar-refractivity contribution in [3.05, 3.63) is 17.5 Å². The van der Waals surface area contributed by atoms with E-state index in [4.69, 9.17) is 4.74 Å². The fourth-order valence-corrected chi connectivity index (χ4v) is 4.95. The lowest BCUT2D eigenvalue weighted by molar-refractivity contribution is 0.0725. The molecule has 23 heavy (non-hydrogen) atoms. The van der Waals surface area contributed by atoms with Crippen molar-refractivity contribution < 1.29 is 13.2 Å². The van der Waals surface area contributed by atoms with Gasteiger partial charge in [-0.3, -0.25) is 0 Å². The smallest absolute Gasteiger partial charge is 0.225 e. The average Bonchev–Trinajstić information content (AvgIpc) is 2.58. The van der Waals surface area contributed by atoms with E-state index in [2.05, 4.69) is 9.97 Å². The zero-order valence-corrected chi connectivity index (χ0v) is 14.5. The number of aryl methyl sites for hydroxylation is 2. The van der Waals surface area contributed by atoms with Gasteiger partial charge in [0.25, 0.3) is 0 Å². The highest BCUT2D eigenvalue weighted by Gasteiger charge is 2.36. The summed E-state index contributed by atoms with van der Waals surface area (Å²) >= 11 is 0. The summed E-state index contributed by atoms with van der Waals surface area (Å²) in [5.41, 5.74) is 1.98. The number of hydrogen-bond acceptors (Lipinski definition) is 6. The molecule has 1 aromatic rings. The van der Waals surface area contributed by atoms with Gasteiger partial charge in [-0.15, -0.1) is 0 Å². The van der Waals surface area contributed by atoms with Crippen LogP contribution in [0.1, 0.15) is 24.1 Å². The molecule has 8 heteroatoms. The molecule has 0 radical (unpaired) electrons. The molecule has 3 rings (SSSR count). The van der Waals surface area contributed by atoms with E-state index < -0.39 is 10.0 Å². The minimum absolute atomic E-state index is 0.389. The molecule has 0 amide bonds. The van der Waals surface area contributed by atoms with Gasteiger partial charge in [0.05, 0.1) is 18.5 Å². The summed E-state index contributed by atoms with van der Waals surface area (Å²) in [7, 11) is -3.29. The molecule has 3 heterocycles. The minimum atomic E-state index is -3.29. The van der Waals surface area contributed by atoms with Crippen LogP contribution in [0.2, 0.25) is 0 Å². The van der Waals surface area contributed by atoms with E-state index in [0.717, 1.165) is 24.2 Å². The first-order valence-electron chi connectivity index (χ1n) is 8.10. The number of piperidine rings is 1. The van der Waals surface area contributed by atoms with Crippen LogP contribution in [0.3, 0.4) is 0 Å². The van der Waals surface area contributed by atoms with Crippen molar-refractivity contribution in [3.8, 4) is 0 Å². The fraction of sp³-hybridized carbons (Fsp3) is 0.733. The maximum Gasteiger partial charge on any atom is 0.225 e. The van der Waals surface area contributed by atoms with Crippen LogP contribution in [0.4, 0.5) is 5.95 Å². The maximum absolute atomic E-state index is 12.8. The average molecular weight is 340 g/mol. The second-order valence-electron chi connectivity index (χ2n) is 6.21. The summed E-state index contributed by atoms with van der Waals surface area (Å²) in [5.74, 6) is 0.634. The topological polar surface area (TPSA) is 75.6 Å². The Hall–Kier alpha value is -1.25. The van der Waals surface area contributed by atoms with Crippen LogP contribution >= 0.6 is 0 Å². The van der Waals surface area contributed by atoms with Gasteiger partial charge in [0.1, 0.15) is 0 Å². The third-order valence-electron chi connectivity index (χ3n) is 4.62. The van der Waals surface area contributed by atoms with Crippen molar-refractivity contribution >= 4 is 16.0 Å². The molecule has 1 atom stereocenters. The Balaban J connectivity index is 1.76. The quantitative estimate of drug-likeness (QED) is 0.807. The molecule has 2 aliphatic heterocycles. The van der Waals surface area contributed by atoms with Gasteiger partial charge in [-0.1, -0.05) is 0 Å². The van der Waals surface area contributed by atoms with E-state index in [1.165, 1.54) is 0 Å². The zero-order chi connectivity index (χ0) is 16.4.